The van der Waals surface area contributed by atoms with Crippen molar-refractivity contribution in [2.75, 3.05) is 5.32 Å². The van der Waals surface area contributed by atoms with Gasteiger partial charge in [-0.25, -0.2) is 0 Å². The highest BCUT2D eigenvalue weighted by molar-refractivity contribution is 5.54. The number of fused-ring (bicyclic) bond motifs is 1. The Morgan fingerprint density at radius 2 is 2.00 bits per heavy atom. The van der Waals surface area contributed by atoms with Crippen LogP contribution in [0.1, 0.15) is 30.5 Å². The fourth-order valence-electron chi connectivity index (χ4n) is 2.82. The highest BCUT2D eigenvalue weighted by atomic mass is 16.5. The molecular formula is C18H21NO2. The molecule has 1 heterocycles. The van der Waals surface area contributed by atoms with Gasteiger partial charge in [-0.15, -0.1) is 0 Å². The second-order valence-electron chi connectivity index (χ2n) is 6.33. The number of rotatable bonds is 3. The molecule has 3 nitrogen and oxygen atoms in total. The zero-order chi connectivity index (χ0) is 15.0. The Labute approximate surface area is 125 Å². The van der Waals surface area contributed by atoms with E-state index in [0.29, 0.717) is 5.75 Å². The number of phenols is 1. The molecule has 1 aliphatic rings. The van der Waals surface area contributed by atoms with Crippen LogP contribution >= 0.6 is 0 Å². The summed E-state index contributed by atoms with van der Waals surface area (Å²) < 4.78 is 5.90. The maximum atomic E-state index is 9.44. The monoisotopic (exact) mass is 283 g/mol. The summed E-state index contributed by atoms with van der Waals surface area (Å²) in [4.78, 5) is 0. The highest BCUT2D eigenvalue weighted by Gasteiger charge is 2.29. The zero-order valence-corrected chi connectivity index (χ0v) is 12.7. The first-order chi connectivity index (χ1) is 9.93. The lowest BCUT2D eigenvalue weighted by Crippen LogP contribution is -2.24. The van der Waals surface area contributed by atoms with Crippen LogP contribution in [0.2, 0.25) is 0 Å². The van der Waals surface area contributed by atoms with Gasteiger partial charge in [-0.05, 0) is 61.7 Å². The molecule has 0 aliphatic carbocycles. The molecule has 21 heavy (non-hydrogen) atoms. The molecule has 0 saturated heterocycles. The first-order valence-corrected chi connectivity index (χ1v) is 7.27. The number of ether oxygens (including phenoxy) is 1. The van der Waals surface area contributed by atoms with Crippen molar-refractivity contribution >= 4 is 5.69 Å². The van der Waals surface area contributed by atoms with E-state index in [1.165, 1.54) is 11.1 Å². The number of aromatic hydroxyl groups is 1. The molecule has 110 valence electrons. The van der Waals surface area contributed by atoms with Crippen LogP contribution in [0.25, 0.3) is 0 Å². The summed E-state index contributed by atoms with van der Waals surface area (Å²) >= 11 is 0. The number of aryl methyl sites for hydroxylation is 1. The Kier molecular flexibility index (Phi) is 3.28. The smallest absolute Gasteiger partial charge is 0.123 e. The van der Waals surface area contributed by atoms with E-state index in [-0.39, 0.29) is 5.60 Å². The molecule has 0 aromatic heterocycles. The molecule has 3 rings (SSSR count). The summed E-state index contributed by atoms with van der Waals surface area (Å²) in [5.74, 6) is 1.31. The van der Waals surface area contributed by atoms with E-state index < -0.39 is 0 Å². The lowest BCUT2D eigenvalue weighted by molar-refractivity contribution is 0.138. The third-order valence-corrected chi connectivity index (χ3v) is 3.82. The maximum Gasteiger partial charge on any atom is 0.123 e. The lowest BCUT2D eigenvalue weighted by Gasteiger charge is -2.16. The number of anilines is 1. The minimum Gasteiger partial charge on any atom is -0.508 e. The van der Waals surface area contributed by atoms with E-state index >= 15 is 0 Å². The quantitative estimate of drug-likeness (QED) is 0.836. The molecule has 0 atom stereocenters. The Hall–Kier alpha value is -2.16. The summed E-state index contributed by atoms with van der Waals surface area (Å²) in [6, 6.07) is 11.8. The van der Waals surface area contributed by atoms with Crippen LogP contribution in [0, 0.1) is 6.92 Å². The molecule has 0 radical (unpaired) electrons. The molecule has 0 unspecified atom stereocenters. The second-order valence-corrected chi connectivity index (χ2v) is 6.33. The summed E-state index contributed by atoms with van der Waals surface area (Å²) in [7, 11) is 0. The fourth-order valence-corrected chi connectivity index (χ4v) is 2.82. The Balaban J connectivity index is 1.72. The van der Waals surface area contributed by atoms with Gasteiger partial charge in [0, 0.05) is 18.7 Å². The van der Waals surface area contributed by atoms with Crippen molar-refractivity contribution in [2.24, 2.45) is 0 Å². The predicted molar refractivity (Wildman–Crippen MR) is 85.0 cm³/mol. The molecule has 0 spiro atoms. The standard InChI is InChI=1S/C18H21NO2/c1-12-8-15(20)5-6-16(12)19-11-13-4-7-17-14(9-13)10-18(2,3)21-17/h4-9,19-20H,10-11H2,1-3H3. The first kappa shape index (κ1) is 13.8. The molecular weight excluding hydrogens is 262 g/mol. The average molecular weight is 283 g/mol. The van der Waals surface area contributed by atoms with Crippen molar-refractivity contribution < 1.29 is 9.84 Å². The Bertz CT molecular complexity index is 677. The van der Waals surface area contributed by atoms with E-state index in [2.05, 4.69) is 37.4 Å². The summed E-state index contributed by atoms with van der Waals surface area (Å²) in [5.41, 5.74) is 4.51. The van der Waals surface area contributed by atoms with E-state index in [1.54, 1.807) is 12.1 Å². The first-order valence-electron chi connectivity index (χ1n) is 7.27. The van der Waals surface area contributed by atoms with Crippen molar-refractivity contribution in [3.63, 3.8) is 0 Å². The fraction of sp³-hybridized carbons (Fsp3) is 0.333. The molecule has 3 heteroatoms. The van der Waals surface area contributed by atoms with Gasteiger partial charge in [0.1, 0.15) is 17.1 Å². The van der Waals surface area contributed by atoms with Gasteiger partial charge in [0.25, 0.3) is 0 Å². The molecule has 2 aromatic rings. The number of nitrogens with one attached hydrogen (secondary N) is 1. The lowest BCUT2D eigenvalue weighted by atomic mass is 10.0. The molecule has 0 saturated carbocycles. The number of hydrogen-bond donors (Lipinski definition) is 2. The minimum atomic E-state index is -0.0953. The van der Waals surface area contributed by atoms with Gasteiger partial charge in [0.05, 0.1) is 0 Å². The van der Waals surface area contributed by atoms with Gasteiger partial charge < -0.3 is 15.2 Å². The van der Waals surface area contributed by atoms with Gasteiger partial charge in [-0.3, -0.25) is 0 Å². The van der Waals surface area contributed by atoms with Crippen LogP contribution in [-0.2, 0) is 13.0 Å². The van der Waals surface area contributed by atoms with E-state index in [4.69, 9.17) is 4.74 Å². The van der Waals surface area contributed by atoms with Gasteiger partial charge in [0.2, 0.25) is 0 Å². The minimum absolute atomic E-state index is 0.0953. The summed E-state index contributed by atoms with van der Waals surface area (Å²) in [6.45, 7) is 6.98. The van der Waals surface area contributed by atoms with Gasteiger partial charge in [0.15, 0.2) is 0 Å². The second kappa shape index (κ2) is 4.99. The van der Waals surface area contributed by atoms with E-state index in [9.17, 15) is 5.11 Å². The summed E-state index contributed by atoms with van der Waals surface area (Å²) in [5, 5.41) is 12.9. The Morgan fingerprint density at radius 1 is 1.19 bits per heavy atom. The van der Waals surface area contributed by atoms with Crippen molar-refractivity contribution in [3.8, 4) is 11.5 Å². The molecule has 2 aromatic carbocycles. The van der Waals surface area contributed by atoms with Crippen molar-refractivity contribution in [2.45, 2.75) is 39.3 Å². The largest absolute Gasteiger partial charge is 0.508 e. The topological polar surface area (TPSA) is 41.5 Å². The number of benzene rings is 2. The van der Waals surface area contributed by atoms with E-state index in [0.717, 1.165) is 30.0 Å². The van der Waals surface area contributed by atoms with Crippen LogP contribution in [-0.4, -0.2) is 10.7 Å². The van der Waals surface area contributed by atoms with Gasteiger partial charge in [-0.1, -0.05) is 12.1 Å². The molecule has 2 N–H and O–H groups in total. The third kappa shape index (κ3) is 2.97. The van der Waals surface area contributed by atoms with Crippen LogP contribution in [0.3, 0.4) is 0 Å². The van der Waals surface area contributed by atoms with Crippen LogP contribution in [0.5, 0.6) is 11.5 Å². The van der Waals surface area contributed by atoms with Gasteiger partial charge in [-0.2, -0.15) is 0 Å². The average Bonchev–Trinajstić information content (AvgIpc) is 2.70. The van der Waals surface area contributed by atoms with Crippen LogP contribution in [0.15, 0.2) is 36.4 Å². The number of phenolic OH excluding ortho intramolecular Hbond substituents is 1. The van der Waals surface area contributed by atoms with Crippen molar-refractivity contribution in [3.05, 3.63) is 53.1 Å². The number of hydrogen-bond acceptors (Lipinski definition) is 3. The van der Waals surface area contributed by atoms with Crippen molar-refractivity contribution in [1.82, 2.24) is 0 Å². The van der Waals surface area contributed by atoms with Crippen LogP contribution in [0.4, 0.5) is 5.69 Å². The van der Waals surface area contributed by atoms with Crippen molar-refractivity contribution in [1.29, 1.82) is 0 Å². The highest BCUT2D eigenvalue weighted by Crippen LogP contribution is 2.35. The molecule has 0 fully saturated rings. The van der Waals surface area contributed by atoms with E-state index in [1.807, 2.05) is 13.0 Å². The molecule has 1 aliphatic heterocycles. The van der Waals surface area contributed by atoms with Gasteiger partial charge >= 0.3 is 0 Å². The normalized spacial score (nSPS) is 15.4. The SMILES string of the molecule is Cc1cc(O)ccc1NCc1ccc2c(c1)CC(C)(C)O2. The predicted octanol–water partition coefficient (Wildman–Crippen LogP) is 4.03. The molecule has 0 amide bonds. The zero-order valence-electron chi connectivity index (χ0n) is 12.7. The maximum absolute atomic E-state index is 9.44. The summed E-state index contributed by atoms with van der Waals surface area (Å²) in [6.07, 6.45) is 0.953. The van der Waals surface area contributed by atoms with Crippen LogP contribution < -0.4 is 10.1 Å². The Morgan fingerprint density at radius 3 is 2.76 bits per heavy atom. The third-order valence-electron chi connectivity index (χ3n) is 3.82. The molecule has 0 bridgehead atoms.